The number of rotatable bonds is 3. The van der Waals surface area contributed by atoms with Crippen LogP contribution < -0.4 is 9.80 Å². The molecule has 0 saturated carbocycles. The van der Waals surface area contributed by atoms with E-state index in [0.717, 1.165) is 60.6 Å². The van der Waals surface area contributed by atoms with Crippen molar-refractivity contribution in [3.05, 3.63) is 71.5 Å². The van der Waals surface area contributed by atoms with Crippen molar-refractivity contribution in [1.82, 2.24) is 10.2 Å². The van der Waals surface area contributed by atoms with Crippen molar-refractivity contribution in [2.45, 2.75) is 45.6 Å². The van der Waals surface area contributed by atoms with Gasteiger partial charge in [0.15, 0.2) is 5.82 Å². The van der Waals surface area contributed by atoms with Crippen LogP contribution in [0.5, 0.6) is 0 Å². The summed E-state index contributed by atoms with van der Waals surface area (Å²) in [5.74, 6) is 0.575. The first-order valence-electron chi connectivity index (χ1n) is 11.8. The third kappa shape index (κ3) is 4.22. The molecule has 3 heterocycles. The Morgan fingerprint density at radius 3 is 2.70 bits per heavy atom. The van der Waals surface area contributed by atoms with E-state index in [0.29, 0.717) is 6.54 Å². The van der Waals surface area contributed by atoms with Crippen LogP contribution in [-0.4, -0.2) is 35.2 Å². The van der Waals surface area contributed by atoms with Gasteiger partial charge in [-0.3, -0.25) is 4.79 Å². The molecule has 0 aliphatic carbocycles. The molecule has 2 aliphatic rings. The quantitative estimate of drug-likeness (QED) is 0.559. The van der Waals surface area contributed by atoms with Gasteiger partial charge in [0.05, 0.1) is 11.6 Å². The second-order valence-electron chi connectivity index (χ2n) is 9.25. The van der Waals surface area contributed by atoms with Crippen molar-refractivity contribution < 1.29 is 9.18 Å². The number of aryl methyl sites for hydroxylation is 2. The van der Waals surface area contributed by atoms with E-state index in [1.54, 1.807) is 12.1 Å². The fourth-order valence-electron chi connectivity index (χ4n) is 5.14. The molecule has 0 bridgehead atoms. The Morgan fingerprint density at radius 1 is 1.06 bits per heavy atom. The molecule has 1 aromatic heterocycles. The van der Waals surface area contributed by atoms with Crippen LogP contribution in [-0.2, 0) is 11.2 Å². The highest BCUT2D eigenvalue weighted by atomic mass is 19.1. The van der Waals surface area contributed by atoms with Crippen LogP contribution in [0.2, 0.25) is 0 Å². The molecular formula is C27H29FN4O. The summed E-state index contributed by atoms with van der Waals surface area (Å²) in [5, 5.41) is 8.97. The summed E-state index contributed by atoms with van der Waals surface area (Å²) in [4.78, 5) is 17.7. The summed E-state index contributed by atoms with van der Waals surface area (Å²) in [6.07, 6.45) is 3.43. The second kappa shape index (κ2) is 8.93. The number of fused-ring (bicyclic) bond motifs is 1. The lowest BCUT2D eigenvalue weighted by Crippen LogP contribution is -2.49. The molecule has 0 N–H and O–H groups in total. The highest BCUT2D eigenvalue weighted by Gasteiger charge is 2.35. The lowest BCUT2D eigenvalue weighted by Gasteiger charge is -2.40. The van der Waals surface area contributed by atoms with E-state index in [1.807, 2.05) is 29.2 Å². The van der Waals surface area contributed by atoms with Crippen LogP contribution in [0.3, 0.4) is 0 Å². The molecule has 2 aliphatic heterocycles. The highest BCUT2D eigenvalue weighted by molar-refractivity contribution is 5.97. The van der Waals surface area contributed by atoms with Crippen LogP contribution in [0.4, 0.5) is 15.9 Å². The summed E-state index contributed by atoms with van der Waals surface area (Å²) < 4.78 is 13.7. The van der Waals surface area contributed by atoms with Gasteiger partial charge in [-0.1, -0.05) is 24.3 Å². The van der Waals surface area contributed by atoms with Gasteiger partial charge in [-0.05, 0) is 81.0 Å². The molecule has 2 aromatic carbocycles. The molecule has 5 rings (SSSR count). The topological polar surface area (TPSA) is 49.3 Å². The van der Waals surface area contributed by atoms with Crippen LogP contribution in [0, 0.1) is 18.7 Å². The van der Waals surface area contributed by atoms with Crippen molar-refractivity contribution >= 4 is 17.4 Å². The van der Waals surface area contributed by atoms with Gasteiger partial charge in [0, 0.05) is 30.4 Å². The van der Waals surface area contributed by atoms with E-state index in [-0.39, 0.29) is 23.7 Å². The summed E-state index contributed by atoms with van der Waals surface area (Å²) in [5.41, 5.74) is 4.88. The molecule has 1 saturated heterocycles. The minimum Gasteiger partial charge on any atom is -0.354 e. The van der Waals surface area contributed by atoms with Gasteiger partial charge in [0.2, 0.25) is 5.91 Å². The largest absolute Gasteiger partial charge is 0.354 e. The number of halogens is 1. The average Bonchev–Trinajstić information content (AvgIpc) is 2.84. The summed E-state index contributed by atoms with van der Waals surface area (Å²) in [7, 11) is 0. The van der Waals surface area contributed by atoms with Gasteiger partial charge in [0.1, 0.15) is 5.82 Å². The molecule has 33 heavy (non-hydrogen) atoms. The lowest BCUT2D eigenvalue weighted by molar-refractivity contribution is -0.123. The first-order chi connectivity index (χ1) is 16.0. The van der Waals surface area contributed by atoms with E-state index < -0.39 is 0 Å². The van der Waals surface area contributed by atoms with E-state index in [1.165, 1.54) is 11.6 Å². The molecule has 2 atom stereocenters. The fraction of sp³-hybridized carbons (Fsp3) is 0.370. The van der Waals surface area contributed by atoms with Crippen molar-refractivity contribution in [3.63, 3.8) is 0 Å². The highest BCUT2D eigenvalue weighted by Crippen LogP contribution is 2.34. The molecule has 0 radical (unpaired) electrons. The van der Waals surface area contributed by atoms with Crippen LogP contribution >= 0.6 is 0 Å². The van der Waals surface area contributed by atoms with Crippen molar-refractivity contribution in [2.75, 3.05) is 22.9 Å². The van der Waals surface area contributed by atoms with Gasteiger partial charge in [-0.25, -0.2) is 4.39 Å². The number of carbonyl (C=O) groups excluding carboxylic acids is 1. The maximum Gasteiger partial charge on any atom is 0.232 e. The Morgan fingerprint density at radius 2 is 1.91 bits per heavy atom. The Kier molecular flexibility index (Phi) is 5.83. The summed E-state index contributed by atoms with van der Waals surface area (Å²) >= 11 is 0. The fourth-order valence-corrected chi connectivity index (χ4v) is 5.14. The number of anilines is 2. The SMILES string of the molecule is Cc1ccccc1-c1ccc(N2CCCC(C(=O)N3c4ccc(F)cc4CCC3C)C2)nn1. The van der Waals surface area contributed by atoms with E-state index >= 15 is 0 Å². The minimum atomic E-state index is -0.243. The number of hydrogen-bond acceptors (Lipinski definition) is 4. The van der Waals surface area contributed by atoms with Gasteiger partial charge in [0.25, 0.3) is 0 Å². The number of piperidine rings is 1. The standard InChI is InChI=1S/C27H29FN4O/c1-18-6-3-4-8-23(18)24-12-14-26(30-29-24)31-15-5-7-21(17-31)27(33)32-19(2)9-10-20-16-22(28)11-13-25(20)32/h3-4,6,8,11-14,16,19,21H,5,7,9-10,15,17H2,1-2H3. The summed E-state index contributed by atoms with van der Waals surface area (Å²) in [6, 6.07) is 17.1. The zero-order chi connectivity index (χ0) is 22.9. The van der Waals surface area contributed by atoms with Crippen LogP contribution in [0.1, 0.15) is 37.3 Å². The maximum absolute atomic E-state index is 13.7. The average molecular weight is 445 g/mol. The van der Waals surface area contributed by atoms with Crippen molar-refractivity contribution in [3.8, 4) is 11.3 Å². The molecule has 1 amide bonds. The normalized spacial score (nSPS) is 20.5. The monoisotopic (exact) mass is 444 g/mol. The summed E-state index contributed by atoms with van der Waals surface area (Å²) in [6.45, 7) is 5.64. The molecular weight excluding hydrogens is 415 g/mol. The predicted octanol–water partition coefficient (Wildman–Crippen LogP) is 5.18. The minimum absolute atomic E-state index is 0.110. The Balaban J connectivity index is 1.34. The molecule has 3 aromatic rings. The number of aromatic nitrogens is 2. The van der Waals surface area contributed by atoms with Gasteiger partial charge >= 0.3 is 0 Å². The number of nitrogens with zero attached hydrogens (tertiary/aromatic N) is 4. The van der Waals surface area contributed by atoms with Crippen molar-refractivity contribution in [2.24, 2.45) is 5.92 Å². The third-order valence-corrected chi connectivity index (χ3v) is 6.98. The zero-order valence-corrected chi connectivity index (χ0v) is 19.2. The van der Waals surface area contributed by atoms with Gasteiger partial charge < -0.3 is 9.80 Å². The Hall–Kier alpha value is -3.28. The number of benzene rings is 2. The van der Waals surface area contributed by atoms with Gasteiger partial charge in [-0.2, -0.15) is 0 Å². The molecule has 6 heteroatoms. The van der Waals surface area contributed by atoms with E-state index in [4.69, 9.17) is 0 Å². The predicted molar refractivity (Wildman–Crippen MR) is 129 cm³/mol. The Labute approximate surface area is 194 Å². The molecule has 0 spiro atoms. The van der Waals surface area contributed by atoms with Crippen molar-refractivity contribution in [1.29, 1.82) is 0 Å². The smallest absolute Gasteiger partial charge is 0.232 e. The van der Waals surface area contributed by atoms with Gasteiger partial charge in [-0.15, -0.1) is 10.2 Å². The Bertz CT molecular complexity index is 1160. The molecule has 5 nitrogen and oxygen atoms in total. The first kappa shape index (κ1) is 21.6. The molecule has 1 fully saturated rings. The maximum atomic E-state index is 13.7. The third-order valence-electron chi connectivity index (χ3n) is 6.98. The second-order valence-corrected chi connectivity index (χ2v) is 9.25. The van der Waals surface area contributed by atoms with Crippen LogP contribution in [0.15, 0.2) is 54.6 Å². The number of carbonyl (C=O) groups is 1. The molecule has 170 valence electrons. The molecule has 2 unspecified atom stereocenters. The van der Waals surface area contributed by atoms with E-state index in [9.17, 15) is 9.18 Å². The lowest BCUT2D eigenvalue weighted by atomic mass is 9.91. The first-order valence-corrected chi connectivity index (χ1v) is 11.8. The number of hydrogen-bond donors (Lipinski definition) is 0. The van der Waals surface area contributed by atoms with E-state index in [2.05, 4.69) is 41.1 Å². The zero-order valence-electron chi connectivity index (χ0n) is 19.2. The van der Waals surface area contributed by atoms with Crippen LogP contribution in [0.25, 0.3) is 11.3 Å². The number of amides is 1.